The van der Waals surface area contributed by atoms with Gasteiger partial charge in [0.1, 0.15) is 11.6 Å². The molecule has 2 aromatic rings. The highest BCUT2D eigenvalue weighted by atomic mass is 79.9. The van der Waals surface area contributed by atoms with Crippen LogP contribution in [0.1, 0.15) is 17.2 Å². The van der Waals surface area contributed by atoms with Gasteiger partial charge in [0.2, 0.25) is 0 Å². The summed E-state index contributed by atoms with van der Waals surface area (Å²) in [6.45, 7) is 0. The van der Waals surface area contributed by atoms with Crippen LogP contribution in [0.4, 0.5) is 4.39 Å². The highest BCUT2D eigenvalue weighted by molar-refractivity contribution is 9.10. The number of rotatable bonds is 5. The largest absolute Gasteiger partial charge is 0.497 e. The summed E-state index contributed by atoms with van der Waals surface area (Å²) in [5.41, 5.74) is 4.26. The van der Waals surface area contributed by atoms with Crippen molar-refractivity contribution >= 4 is 15.9 Å². The molecule has 3 N–H and O–H groups in total. The van der Waals surface area contributed by atoms with Crippen molar-refractivity contribution in [3.8, 4) is 5.75 Å². The van der Waals surface area contributed by atoms with E-state index in [1.165, 1.54) is 6.07 Å². The number of benzene rings is 2. The van der Waals surface area contributed by atoms with Crippen LogP contribution in [0.25, 0.3) is 0 Å². The van der Waals surface area contributed by atoms with Gasteiger partial charge in [0.05, 0.1) is 13.2 Å². The van der Waals surface area contributed by atoms with Crippen molar-refractivity contribution in [3.05, 3.63) is 63.9 Å². The number of methoxy groups -OCH3 is 1. The van der Waals surface area contributed by atoms with E-state index in [4.69, 9.17) is 10.6 Å². The summed E-state index contributed by atoms with van der Waals surface area (Å²) >= 11 is 3.35. The topological polar surface area (TPSA) is 47.3 Å². The summed E-state index contributed by atoms with van der Waals surface area (Å²) < 4.78 is 19.8. The molecule has 106 valence electrons. The van der Waals surface area contributed by atoms with Crippen molar-refractivity contribution < 1.29 is 9.13 Å². The minimum absolute atomic E-state index is 0.273. The van der Waals surface area contributed by atoms with E-state index in [1.807, 2.05) is 24.3 Å². The van der Waals surface area contributed by atoms with E-state index >= 15 is 0 Å². The summed E-state index contributed by atoms with van der Waals surface area (Å²) in [6, 6.07) is 12.2. The van der Waals surface area contributed by atoms with Crippen molar-refractivity contribution in [1.82, 2.24) is 5.43 Å². The maximum Gasteiger partial charge on any atom is 0.128 e. The van der Waals surface area contributed by atoms with E-state index in [1.54, 1.807) is 19.2 Å². The van der Waals surface area contributed by atoms with Gasteiger partial charge in [0.15, 0.2) is 0 Å². The second kappa shape index (κ2) is 6.83. The fourth-order valence-electron chi connectivity index (χ4n) is 2.04. The highest BCUT2D eigenvalue weighted by Crippen LogP contribution is 2.25. The van der Waals surface area contributed by atoms with E-state index in [0.717, 1.165) is 15.8 Å². The number of nitrogens with two attached hydrogens (primary N) is 1. The predicted molar refractivity (Wildman–Crippen MR) is 80.9 cm³/mol. The molecule has 2 aromatic carbocycles. The van der Waals surface area contributed by atoms with Gasteiger partial charge < -0.3 is 4.74 Å². The summed E-state index contributed by atoms with van der Waals surface area (Å²) in [6.07, 6.45) is 0.591. The molecule has 0 aliphatic carbocycles. The Morgan fingerprint density at radius 1 is 1.25 bits per heavy atom. The van der Waals surface area contributed by atoms with Crippen LogP contribution in [0.3, 0.4) is 0 Å². The first-order chi connectivity index (χ1) is 9.63. The molecule has 0 saturated heterocycles. The molecule has 20 heavy (non-hydrogen) atoms. The van der Waals surface area contributed by atoms with Gasteiger partial charge in [-0.3, -0.25) is 11.3 Å². The third-order valence-electron chi connectivity index (χ3n) is 3.13. The van der Waals surface area contributed by atoms with E-state index in [2.05, 4.69) is 21.4 Å². The Labute approximate surface area is 126 Å². The van der Waals surface area contributed by atoms with Crippen molar-refractivity contribution in [1.29, 1.82) is 0 Å². The molecule has 1 unspecified atom stereocenters. The third-order valence-corrected chi connectivity index (χ3v) is 3.63. The van der Waals surface area contributed by atoms with Crippen LogP contribution < -0.4 is 16.0 Å². The predicted octanol–water partition coefficient (Wildman–Crippen LogP) is 3.34. The Morgan fingerprint density at radius 3 is 2.55 bits per heavy atom. The Bertz CT molecular complexity index is 575. The van der Waals surface area contributed by atoms with Gasteiger partial charge in [-0.1, -0.05) is 28.1 Å². The lowest BCUT2D eigenvalue weighted by molar-refractivity contribution is 0.414. The van der Waals surface area contributed by atoms with E-state index in [0.29, 0.717) is 12.0 Å². The summed E-state index contributed by atoms with van der Waals surface area (Å²) in [4.78, 5) is 0. The lowest BCUT2D eigenvalue weighted by Crippen LogP contribution is -2.30. The first-order valence-corrected chi connectivity index (χ1v) is 6.97. The zero-order chi connectivity index (χ0) is 14.5. The number of ether oxygens (including phenoxy) is 1. The van der Waals surface area contributed by atoms with E-state index in [9.17, 15) is 4.39 Å². The highest BCUT2D eigenvalue weighted by Gasteiger charge is 2.15. The van der Waals surface area contributed by atoms with E-state index in [-0.39, 0.29) is 11.9 Å². The molecule has 0 heterocycles. The molecule has 0 spiro atoms. The number of halogens is 2. The number of hydrogen-bond donors (Lipinski definition) is 2. The molecule has 0 fully saturated rings. The average molecular weight is 339 g/mol. The SMILES string of the molecule is COc1ccc(CC(NN)c2cc(Br)ccc2F)cc1. The molecular formula is C15H16BrFN2O. The first kappa shape index (κ1) is 15.0. The second-order valence-electron chi connectivity index (χ2n) is 4.44. The molecule has 1 atom stereocenters. The molecule has 0 saturated carbocycles. The Hall–Kier alpha value is -1.43. The maximum absolute atomic E-state index is 13.9. The smallest absolute Gasteiger partial charge is 0.128 e. The van der Waals surface area contributed by atoms with Crippen LogP contribution in [-0.2, 0) is 6.42 Å². The summed E-state index contributed by atoms with van der Waals surface area (Å²) in [7, 11) is 1.62. The number of hydrazine groups is 1. The first-order valence-electron chi connectivity index (χ1n) is 6.18. The Morgan fingerprint density at radius 2 is 1.95 bits per heavy atom. The Balaban J connectivity index is 2.21. The van der Waals surface area contributed by atoms with Crippen LogP contribution in [-0.4, -0.2) is 7.11 Å². The molecule has 0 aliphatic heterocycles. The molecular weight excluding hydrogens is 323 g/mol. The standard InChI is InChI=1S/C15H16BrFN2O/c1-20-12-5-2-10(3-6-12)8-15(19-18)13-9-11(16)4-7-14(13)17/h2-7,9,15,19H,8,18H2,1H3. The van der Waals surface area contributed by atoms with Crippen LogP contribution in [0.5, 0.6) is 5.75 Å². The average Bonchev–Trinajstić information content (AvgIpc) is 2.48. The molecule has 0 radical (unpaired) electrons. The molecule has 0 aliphatic rings. The van der Waals surface area contributed by atoms with Gasteiger partial charge in [0, 0.05) is 10.0 Å². The maximum atomic E-state index is 13.9. The Kier molecular flexibility index (Phi) is 5.11. The summed E-state index contributed by atoms with van der Waals surface area (Å²) in [5.74, 6) is 6.09. The van der Waals surface area contributed by atoms with Crippen LogP contribution >= 0.6 is 15.9 Å². The molecule has 2 rings (SSSR count). The normalized spacial score (nSPS) is 12.2. The molecule has 0 bridgehead atoms. The van der Waals surface area contributed by atoms with Gasteiger partial charge in [-0.2, -0.15) is 0 Å². The monoisotopic (exact) mass is 338 g/mol. The minimum Gasteiger partial charge on any atom is -0.497 e. The van der Waals surface area contributed by atoms with Crippen LogP contribution in [0.15, 0.2) is 46.9 Å². The van der Waals surface area contributed by atoms with Gasteiger partial charge in [-0.15, -0.1) is 0 Å². The zero-order valence-corrected chi connectivity index (χ0v) is 12.7. The van der Waals surface area contributed by atoms with Crippen molar-refractivity contribution in [3.63, 3.8) is 0 Å². The van der Waals surface area contributed by atoms with Gasteiger partial charge in [-0.25, -0.2) is 4.39 Å². The minimum atomic E-state index is -0.291. The lowest BCUT2D eigenvalue weighted by Gasteiger charge is -2.17. The quantitative estimate of drug-likeness (QED) is 0.649. The lowest BCUT2D eigenvalue weighted by atomic mass is 9.99. The molecule has 5 heteroatoms. The number of hydrogen-bond acceptors (Lipinski definition) is 3. The third kappa shape index (κ3) is 3.56. The zero-order valence-electron chi connectivity index (χ0n) is 11.1. The fourth-order valence-corrected chi connectivity index (χ4v) is 2.42. The van der Waals surface area contributed by atoms with E-state index < -0.39 is 0 Å². The van der Waals surface area contributed by atoms with Crippen molar-refractivity contribution in [2.45, 2.75) is 12.5 Å². The van der Waals surface area contributed by atoms with Gasteiger partial charge in [-0.05, 0) is 42.3 Å². The molecule has 3 nitrogen and oxygen atoms in total. The molecule has 0 amide bonds. The second-order valence-corrected chi connectivity index (χ2v) is 5.35. The molecule has 0 aromatic heterocycles. The van der Waals surface area contributed by atoms with Crippen molar-refractivity contribution in [2.75, 3.05) is 7.11 Å². The summed E-state index contributed by atoms with van der Waals surface area (Å²) in [5, 5.41) is 0. The van der Waals surface area contributed by atoms with Crippen LogP contribution in [0.2, 0.25) is 0 Å². The van der Waals surface area contributed by atoms with Gasteiger partial charge in [0.25, 0.3) is 0 Å². The van der Waals surface area contributed by atoms with Crippen molar-refractivity contribution in [2.24, 2.45) is 5.84 Å². The van der Waals surface area contributed by atoms with Crippen LogP contribution in [0, 0.1) is 5.82 Å². The fraction of sp³-hybridized carbons (Fsp3) is 0.200. The van der Waals surface area contributed by atoms with Gasteiger partial charge >= 0.3 is 0 Å². The number of nitrogens with one attached hydrogen (secondary N) is 1.